The smallest absolute Gasteiger partial charge is 0.0630 e. The van der Waals surface area contributed by atoms with Crippen LogP contribution < -0.4 is 0 Å². The molecule has 0 aromatic heterocycles. The van der Waals surface area contributed by atoms with Crippen molar-refractivity contribution in [2.45, 2.75) is 21.1 Å². The van der Waals surface area contributed by atoms with Crippen LogP contribution in [0.25, 0.3) is 22.8 Å². The molecule has 0 saturated heterocycles. The third-order valence-corrected chi connectivity index (χ3v) is 12.9. The van der Waals surface area contributed by atoms with E-state index < -0.39 is 0 Å². The normalized spacial score (nSPS) is 21.5. The predicted octanol–water partition coefficient (Wildman–Crippen LogP) is 13.3. The number of aliphatic imine (C=N–C) groups is 1. The maximum absolute atomic E-state index is 4.83. The molecule has 4 aliphatic rings. The first-order chi connectivity index (χ1) is 26.8. The second-order valence-corrected chi connectivity index (χ2v) is 15.7. The van der Waals surface area contributed by atoms with Crippen LogP contribution in [0.4, 0.5) is 5.69 Å². The summed E-state index contributed by atoms with van der Waals surface area (Å²) in [5, 5.41) is 0. The number of nitrogens with zero attached hydrogens (tertiary/aromatic N) is 1. The van der Waals surface area contributed by atoms with Crippen LogP contribution in [0.5, 0.6) is 0 Å². The van der Waals surface area contributed by atoms with E-state index in [0.717, 1.165) is 16.8 Å². The van der Waals surface area contributed by atoms with Gasteiger partial charge in [-0.2, -0.15) is 0 Å². The summed E-state index contributed by atoms with van der Waals surface area (Å²) in [6.07, 6.45) is 23.0. The lowest BCUT2D eigenvalue weighted by Crippen LogP contribution is -2.44. The predicted molar refractivity (Wildman–Crippen MR) is 227 cm³/mol. The first-order valence-electron chi connectivity index (χ1n) is 19.0. The van der Waals surface area contributed by atoms with E-state index in [1.54, 1.807) is 0 Å². The van der Waals surface area contributed by atoms with Crippen molar-refractivity contribution in [3.05, 3.63) is 234 Å². The van der Waals surface area contributed by atoms with Crippen molar-refractivity contribution in [3.8, 4) is 11.1 Å². The molecule has 4 atom stereocenters. The first kappa shape index (κ1) is 32.7. The Morgan fingerprint density at radius 2 is 1.26 bits per heavy atom. The van der Waals surface area contributed by atoms with Crippen LogP contribution in [-0.4, -0.2) is 6.21 Å². The van der Waals surface area contributed by atoms with Crippen molar-refractivity contribution < 1.29 is 0 Å². The highest BCUT2D eigenvalue weighted by molar-refractivity contribution is 7.99. The summed E-state index contributed by atoms with van der Waals surface area (Å²) in [5.74, 6) is 1.50. The van der Waals surface area contributed by atoms with Crippen LogP contribution in [-0.2, 0) is 5.41 Å². The van der Waals surface area contributed by atoms with E-state index in [1.807, 2.05) is 24.0 Å². The van der Waals surface area contributed by atoms with E-state index in [0.29, 0.717) is 23.7 Å². The lowest BCUT2D eigenvalue weighted by atomic mass is 9.56. The van der Waals surface area contributed by atoms with Crippen molar-refractivity contribution in [3.63, 3.8) is 0 Å². The molecule has 1 aliphatic heterocycles. The maximum Gasteiger partial charge on any atom is 0.0630 e. The number of allylic oxidation sites excluding steroid dienone is 9. The zero-order valence-corrected chi connectivity index (χ0v) is 30.7. The van der Waals surface area contributed by atoms with E-state index in [4.69, 9.17) is 4.99 Å². The van der Waals surface area contributed by atoms with E-state index >= 15 is 0 Å². The zero-order valence-electron chi connectivity index (χ0n) is 29.9. The largest absolute Gasteiger partial charge is 0.257 e. The molecule has 54 heavy (non-hydrogen) atoms. The minimum absolute atomic E-state index is 0.272. The van der Waals surface area contributed by atoms with E-state index in [2.05, 4.69) is 200 Å². The Morgan fingerprint density at radius 3 is 2.02 bits per heavy atom. The minimum atomic E-state index is -0.272. The van der Waals surface area contributed by atoms with Gasteiger partial charge < -0.3 is 0 Å². The Balaban J connectivity index is 1.06. The van der Waals surface area contributed by atoms with Crippen molar-refractivity contribution in [2.75, 3.05) is 0 Å². The molecule has 6 aromatic carbocycles. The van der Waals surface area contributed by atoms with Gasteiger partial charge in [0.1, 0.15) is 0 Å². The molecule has 0 radical (unpaired) electrons. The van der Waals surface area contributed by atoms with E-state index in [-0.39, 0.29) is 5.41 Å². The number of fused-ring (bicyclic) bond motifs is 11. The number of rotatable bonds is 6. The van der Waals surface area contributed by atoms with Gasteiger partial charge in [-0.25, -0.2) is 0 Å². The van der Waals surface area contributed by atoms with E-state index in [1.165, 1.54) is 48.7 Å². The second-order valence-electron chi connectivity index (χ2n) is 14.6. The summed E-state index contributed by atoms with van der Waals surface area (Å²) in [6, 6.07) is 55.1. The first-order valence-corrected chi connectivity index (χ1v) is 19.8. The van der Waals surface area contributed by atoms with Crippen LogP contribution in [0.3, 0.4) is 0 Å². The molecule has 1 spiro atoms. The number of hydrogen-bond acceptors (Lipinski definition) is 2. The average Bonchev–Trinajstić information content (AvgIpc) is 3.53. The Labute approximate surface area is 322 Å². The fourth-order valence-electron chi connectivity index (χ4n) is 9.46. The molecule has 0 N–H and O–H groups in total. The summed E-state index contributed by atoms with van der Waals surface area (Å²) in [5.41, 5.74) is 12.3. The second kappa shape index (κ2) is 13.8. The van der Waals surface area contributed by atoms with Gasteiger partial charge in [0, 0.05) is 27.8 Å². The summed E-state index contributed by atoms with van der Waals surface area (Å²) >= 11 is 1.92. The van der Waals surface area contributed by atoms with Crippen LogP contribution in [0.15, 0.2) is 215 Å². The molecule has 1 heterocycles. The Bertz CT molecular complexity index is 2490. The summed E-state index contributed by atoms with van der Waals surface area (Å²) < 4.78 is 0. The van der Waals surface area contributed by atoms with Gasteiger partial charge in [0.2, 0.25) is 0 Å². The average molecular weight is 710 g/mol. The fourth-order valence-corrected chi connectivity index (χ4v) is 10.7. The van der Waals surface area contributed by atoms with Gasteiger partial charge in [0.15, 0.2) is 0 Å². The Kier molecular flexibility index (Phi) is 8.34. The lowest BCUT2D eigenvalue weighted by Gasteiger charge is -2.48. The summed E-state index contributed by atoms with van der Waals surface area (Å²) in [6.45, 7) is 0. The maximum atomic E-state index is 4.83. The zero-order chi connectivity index (χ0) is 35.9. The molecule has 0 amide bonds. The molecule has 3 aliphatic carbocycles. The number of benzene rings is 6. The van der Waals surface area contributed by atoms with Crippen molar-refractivity contribution in [1.82, 2.24) is 0 Å². The van der Waals surface area contributed by atoms with Crippen molar-refractivity contribution in [2.24, 2.45) is 22.7 Å². The van der Waals surface area contributed by atoms with Gasteiger partial charge >= 0.3 is 0 Å². The quantitative estimate of drug-likeness (QED) is 0.0953. The molecule has 6 aromatic rings. The Morgan fingerprint density at radius 1 is 0.593 bits per heavy atom. The van der Waals surface area contributed by atoms with Crippen LogP contribution in [0.1, 0.15) is 39.3 Å². The van der Waals surface area contributed by atoms with Crippen LogP contribution >= 0.6 is 11.8 Å². The molecular formula is C52H39NS. The lowest BCUT2D eigenvalue weighted by molar-refractivity contribution is 0.244. The summed E-state index contributed by atoms with van der Waals surface area (Å²) in [7, 11) is 0. The third kappa shape index (κ3) is 5.52. The van der Waals surface area contributed by atoms with Gasteiger partial charge in [-0.15, -0.1) is 0 Å². The van der Waals surface area contributed by atoms with Gasteiger partial charge in [0.25, 0.3) is 0 Å². The molecule has 258 valence electrons. The highest BCUT2D eigenvalue weighted by Crippen LogP contribution is 2.67. The summed E-state index contributed by atoms with van der Waals surface area (Å²) in [4.78, 5) is 7.57. The molecule has 0 fully saturated rings. The topological polar surface area (TPSA) is 12.4 Å². The molecule has 4 unspecified atom stereocenters. The minimum Gasteiger partial charge on any atom is -0.257 e. The van der Waals surface area contributed by atoms with Gasteiger partial charge in [0.05, 0.1) is 11.1 Å². The standard InChI is InChI=1S/C52H39NS/c1-3-13-37(14-4-1)39-26-29-42(30-27-39)53-34-33-40(38-15-5-2-6-16-38)25-23-36-24-31-44-45-32-28-41-17-7-8-18-43(41)51(45)52(48(44)35-36)46-19-9-11-21-49(46)54-50-22-12-10-20-47(50)52/h1-35,41,43,45,51H/b25-23-,40-33+,53-34?. The van der Waals surface area contributed by atoms with Crippen molar-refractivity contribution in [1.29, 1.82) is 0 Å². The molecule has 0 bridgehead atoms. The number of hydrogen-bond donors (Lipinski definition) is 0. The highest BCUT2D eigenvalue weighted by atomic mass is 32.2. The molecule has 2 heteroatoms. The van der Waals surface area contributed by atoms with Gasteiger partial charge in [-0.3, -0.25) is 4.99 Å². The molecule has 1 nitrogen and oxygen atoms in total. The highest BCUT2D eigenvalue weighted by Gasteiger charge is 2.59. The fraction of sp³-hybridized carbons (Fsp3) is 0.0962. The van der Waals surface area contributed by atoms with Crippen LogP contribution in [0, 0.1) is 17.8 Å². The molecular weight excluding hydrogens is 671 g/mol. The van der Waals surface area contributed by atoms with Gasteiger partial charge in [-0.1, -0.05) is 188 Å². The third-order valence-electron chi connectivity index (χ3n) is 11.8. The van der Waals surface area contributed by atoms with Crippen LogP contribution in [0.2, 0.25) is 0 Å². The van der Waals surface area contributed by atoms with Gasteiger partial charge in [-0.05, 0) is 92.3 Å². The Hall–Kier alpha value is -5.96. The monoisotopic (exact) mass is 709 g/mol. The van der Waals surface area contributed by atoms with Crippen molar-refractivity contribution >= 4 is 35.3 Å². The van der Waals surface area contributed by atoms with E-state index in [9.17, 15) is 0 Å². The molecule has 0 saturated carbocycles. The SMILES string of the molecule is C1=CC2C=CC3c4ccc(/C=C\C(=C/C=Nc5ccc(-c6ccccc6)cc5)c5ccccc5)cc4C4(c5ccccc5Sc5ccccc54)C3C2C=C1. The molecule has 10 rings (SSSR count).